The maximum Gasteiger partial charge on any atom is 0.141 e. The van der Waals surface area contributed by atoms with Gasteiger partial charge in [-0.05, 0) is 69.2 Å². The molecule has 0 bridgehead atoms. The lowest BCUT2D eigenvalue weighted by molar-refractivity contribution is -0.188. The molecule has 0 spiro atoms. The van der Waals surface area contributed by atoms with Crippen molar-refractivity contribution in [2.75, 3.05) is 13.1 Å². The van der Waals surface area contributed by atoms with Crippen LogP contribution in [0.5, 0.6) is 0 Å². The molecule has 1 saturated heterocycles. The monoisotopic (exact) mass is 388 g/mol. The molecule has 5 nitrogen and oxygen atoms in total. The SMILES string of the molecule is C[C@]12CC[C@H]3[C@@H](CC[C@@]4(O)C/C(=N\O[C@@H]5CCNC5)CC[C@]34C)[C@@H]1CCC2=O. The summed E-state index contributed by atoms with van der Waals surface area (Å²) in [6.07, 6.45) is 9.64. The molecular formula is C23H36N2O3. The molecule has 5 heteroatoms. The largest absolute Gasteiger partial charge is 0.391 e. The molecule has 0 amide bonds. The molecule has 28 heavy (non-hydrogen) atoms. The molecule has 4 aliphatic carbocycles. The maximum atomic E-state index is 12.6. The lowest BCUT2D eigenvalue weighted by Crippen LogP contribution is -2.62. The second kappa shape index (κ2) is 6.53. The maximum absolute atomic E-state index is 12.6. The number of carbonyl (C=O) groups is 1. The van der Waals surface area contributed by atoms with Crippen molar-refractivity contribution in [2.45, 2.75) is 89.8 Å². The van der Waals surface area contributed by atoms with Crippen LogP contribution in [0.1, 0.15) is 78.1 Å². The van der Waals surface area contributed by atoms with Gasteiger partial charge in [0.2, 0.25) is 0 Å². The Labute approximate surface area is 168 Å². The predicted octanol–water partition coefficient (Wildman–Crippen LogP) is 3.45. The van der Waals surface area contributed by atoms with Crippen LogP contribution in [-0.4, -0.2) is 41.4 Å². The van der Waals surface area contributed by atoms with E-state index in [4.69, 9.17) is 4.84 Å². The summed E-state index contributed by atoms with van der Waals surface area (Å²) in [5, 5.41) is 19.6. The predicted molar refractivity (Wildman–Crippen MR) is 108 cm³/mol. The van der Waals surface area contributed by atoms with E-state index in [2.05, 4.69) is 24.3 Å². The molecule has 156 valence electrons. The summed E-state index contributed by atoms with van der Waals surface area (Å²) in [7, 11) is 0. The average molecular weight is 389 g/mol. The van der Waals surface area contributed by atoms with Crippen LogP contribution in [0.15, 0.2) is 5.16 Å². The standard InChI is InChI=1S/C23H36N2O3/c1-21-9-7-19-17(18(21)3-4-20(21)26)6-11-23(27)13-15(5-10-22(19,23)2)25-28-16-8-12-24-14-16/h16-19,24,27H,3-14H2,1-2H3/b25-15-/t16-,17+,18+,19+,21+,22-,23-/m1/s1. The van der Waals surface area contributed by atoms with Crippen molar-refractivity contribution >= 4 is 11.5 Å². The van der Waals surface area contributed by atoms with Crippen LogP contribution in [0.3, 0.4) is 0 Å². The van der Waals surface area contributed by atoms with E-state index >= 15 is 0 Å². The summed E-state index contributed by atoms with van der Waals surface area (Å²) in [4.78, 5) is 18.3. The molecule has 4 saturated carbocycles. The summed E-state index contributed by atoms with van der Waals surface area (Å²) >= 11 is 0. The normalized spacial score (nSPS) is 52.2. The quantitative estimate of drug-likeness (QED) is 0.711. The van der Waals surface area contributed by atoms with E-state index in [1.807, 2.05) is 0 Å². The number of Topliss-reactive ketones (excluding diaryl/α,β-unsaturated/α-hetero) is 1. The van der Waals surface area contributed by atoms with Crippen LogP contribution in [0, 0.1) is 28.6 Å². The second-order valence-corrected chi connectivity index (χ2v) is 10.8. The van der Waals surface area contributed by atoms with Crippen molar-refractivity contribution in [3.63, 3.8) is 0 Å². The Morgan fingerprint density at radius 2 is 1.93 bits per heavy atom. The van der Waals surface area contributed by atoms with Crippen LogP contribution >= 0.6 is 0 Å². The van der Waals surface area contributed by atoms with Crippen LogP contribution in [-0.2, 0) is 9.63 Å². The highest BCUT2D eigenvalue weighted by molar-refractivity contribution is 5.87. The molecule has 1 aliphatic heterocycles. The first kappa shape index (κ1) is 19.0. The van der Waals surface area contributed by atoms with Crippen molar-refractivity contribution in [1.82, 2.24) is 5.32 Å². The minimum atomic E-state index is -0.668. The lowest BCUT2D eigenvalue weighted by Gasteiger charge is -2.62. The van der Waals surface area contributed by atoms with Crippen LogP contribution in [0.4, 0.5) is 0 Å². The Bertz CT molecular complexity index is 687. The highest BCUT2D eigenvalue weighted by Gasteiger charge is 2.64. The van der Waals surface area contributed by atoms with Gasteiger partial charge in [-0.2, -0.15) is 0 Å². The van der Waals surface area contributed by atoms with E-state index in [0.717, 1.165) is 76.6 Å². The van der Waals surface area contributed by atoms with Crippen LogP contribution < -0.4 is 5.32 Å². The Kier molecular flexibility index (Phi) is 4.44. The zero-order valence-electron chi connectivity index (χ0n) is 17.5. The fourth-order valence-corrected chi connectivity index (χ4v) is 7.77. The molecule has 0 radical (unpaired) electrons. The molecule has 5 rings (SSSR count). The number of aliphatic hydroxyl groups is 1. The van der Waals surface area contributed by atoms with Gasteiger partial charge in [-0.3, -0.25) is 4.79 Å². The number of hydrogen-bond donors (Lipinski definition) is 2. The fraction of sp³-hybridized carbons (Fsp3) is 0.913. The highest BCUT2D eigenvalue weighted by atomic mass is 16.6. The Morgan fingerprint density at radius 1 is 1.07 bits per heavy atom. The Hall–Kier alpha value is -0.940. The third-order valence-electron chi connectivity index (χ3n) is 9.69. The van der Waals surface area contributed by atoms with Crippen molar-refractivity contribution in [2.24, 2.45) is 33.7 Å². The molecule has 0 aromatic rings. The molecule has 7 atom stereocenters. The topological polar surface area (TPSA) is 70.9 Å². The molecule has 2 N–H and O–H groups in total. The van der Waals surface area contributed by atoms with Gasteiger partial charge >= 0.3 is 0 Å². The van der Waals surface area contributed by atoms with Crippen molar-refractivity contribution in [3.05, 3.63) is 0 Å². The molecule has 0 aromatic carbocycles. The summed E-state index contributed by atoms with van der Waals surface area (Å²) in [6.45, 7) is 6.44. The smallest absolute Gasteiger partial charge is 0.141 e. The van der Waals surface area contributed by atoms with Crippen LogP contribution in [0.2, 0.25) is 0 Å². The van der Waals surface area contributed by atoms with Gasteiger partial charge in [0, 0.05) is 36.6 Å². The molecule has 5 aliphatic rings. The zero-order chi connectivity index (χ0) is 19.6. The minimum Gasteiger partial charge on any atom is -0.391 e. The number of carbonyl (C=O) groups excluding carboxylic acids is 1. The van der Waals surface area contributed by atoms with E-state index in [-0.39, 0.29) is 16.9 Å². The van der Waals surface area contributed by atoms with Gasteiger partial charge in [0.1, 0.15) is 11.9 Å². The van der Waals surface area contributed by atoms with Gasteiger partial charge < -0.3 is 15.3 Å². The number of hydrogen-bond acceptors (Lipinski definition) is 5. The fourth-order valence-electron chi connectivity index (χ4n) is 7.77. The highest BCUT2D eigenvalue weighted by Crippen LogP contribution is 2.66. The van der Waals surface area contributed by atoms with Gasteiger partial charge in [0.25, 0.3) is 0 Å². The Morgan fingerprint density at radius 3 is 2.71 bits per heavy atom. The van der Waals surface area contributed by atoms with Crippen molar-refractivity contribution < 1.29 is 14.7 Å². The summed E-state index contributed by atoms with van der Waals surface area (Å²) in [5.74, 6) is 2.18. The third kappa shape index (κ3) is 2.64. The molecular weight excluding hydrogens is 352 g/mol. The van der Waals surface area contributed by atoms with Gasteiger partial charge in [0.15, 0.2) is 0 Å². The number of rotatable bonds is 2. The molecule has 0 aromatic heterocycles. The first-order valence-electron chi connectivity index (χ1n) is 11.5. The number of ketones is 1. The summed E-state index contributed by atoms with van der Waals surface area (Å²) in [6, 6.07) is 0. The first-order valence-corrected chi connectivity index (χ1v) is 11.5. The van der Waals surface area contributed by atoms with Gasteiger partial charge in [0.05, 0.1) is 11.3 Å². The molecule has 0 unspecified atom stereocenters. The van der Waals surface area contributed by atoms with Crippen molar-refractivity contribution in [3.8, 4) is 0 Å². The number of nitrogens with one attached hydrogen (secondary N) is 1. The first-order chi connectivity index (χ1) is 13.4. The van der Waals surface area contributed by atoms with Crippen molar-refractivity contribution in [1.29, 1.82) is 0 Å². The average Bonchev–Trinajstić information content (AvgIpc) is 3.29. The Balaban J connectivity index is 1.35. The van der Waals surface area contributed by atoms with E-state index < -0.39 is 5.60 Å². The molecule has 5 fully saturated rings. The van der Waals surface area contributed by atoms with E-state index in [9.17, 15) is 9.90 Å². The summed E-state index contributed by atoms with van der Waals surface area (Å²) in [5.41, 5.74) is 0.231. The molecule has 1 heterocycles. The number of oxime groups is 1. The van der Waals surface area contributed by atoms with Gasteiger partial charge in [-0.15, -0.1) is 0 Å². The number of nitrogens with zero attached hydrogens (tertiary/aromatic N) is 1. The lowest BCUT2D eigenvalue weighted by atomic mass is 9.43. The van der Waals surface area contributed by atoms with E-state index in [0.29, 0.717) is 30.0 Å². The zero-order valence-corrected chi connectivity index (χ0v) is 17.5. The minimum absolute atomic E-state index is 0.0587. The van der Waals surface area contributed by atoms with Crippen LogP contribution in [0.25, 0.3) is 0 Å². The van der Waals surface area contributed by atoms with Gasteiger partial charge in [-0.25, -0.2) is 0 Å². The second-order valence-electron chi connectivity index (χ2n) is 10.8. The summed E-state index contributed by atoms with van der Waals surface area (Å²) < 4.78 is 0. The van der Waals surface area contributed by atoms with E-state index in [1.54, 1.807) is 0 Å². The third-order valence-corrected chi connectivity index (χ3v) is 9.69. The van der Waals surface area contributed by atoms with E-state index in [1.165, 1.54) is 0 Å². The number of fused-ring (bicyclic) bond motifs is 5. The van der Waals surface area contributed by atoms with Gasteiger partial charge in [-0.1, -0.05) is 19.0 Å².